The first-order valence-corrected chi connectivity index (χ1v) is 11.5. The molecule has 0 spiro atoms. The Hall–Kier alpha value is -1.74. The van der Waals surface area contributed by atoms with Crippen LogP contribution in [0.25, 0.3) is 0 Å². The Morgan fingerprint density at radius 2 is 2.00 bits per heavy atom. The van der Waals surface area contributed by atoms with Gasteiger partial charge in [0.25, 0.3) is 5.91 Å². The average Bonchev–Trinajstić information content (AvgIpc) is 3.21. The number of likely N-dealkylation sites (tertiary alicyclic amines) is 1. The second-order valence-electron chi connectivity index (χ2n) is 6.61. The predicted octanol–water partition coefficient (Wildman–Crippen LogP) is 2.44. The van der Waals surface area contributed by atoms with Crippen molar-refractivity contribution < 1.29 is 13.2 Å². The molecule has 0 aliphatic carbocycles. The van der Waals surface area contributed by atoms with E-state index in [0.717, 1.165) is 37.4 Å². The molecule has 1 aromatic carbocycles. The minimum absolute atomic E-state index is 0.104. The Balaban J connectivity index is 1.63. The van der Waals surface area contributed by atoms with Crippen LogP contribution in [0.1, 0.15) is 35.0 Å². The first-order valence-electron chi connectivity index (χ1n) is 9.13. The van der Waals surface area contributed by atoms with Gasteiger partial charge in [0.2, 0.25) is 10.0 Å². The molecule has 8 heteroatoms. The highest BCUT2D eigenvalue weighted by molar-refractivity contribution is 7.89. The Morgan fingerprint density at radius 3 is 2.67 bits per heavy atom. The first kappa shape index (κ1) is 20.0. The molecule has 1 fully saturated rings. The topological polar surface area (TPSA) is 78.5 Å². The summed E-state index contributed by atoms with van der Waals surface area (Å²) < 4.78 is 27.6. The number of benzene rings is 1. The number of carbonyl (C=O) groups is 1. The van der Waals surface area contributed by atoms with E-state index < -0.39 is 10.0 Å². The number of amides is 1. The van der Waals surface area contributed by atoms with E-state index in [1.807, 2.05) is 17.5 Å². The van der Waals surface area contributed by atoms with Crippen molar-refractivity contribution in [3.05, 3.63) is 52.2 Å². The van der Waals surface area contributed by atoms with Gasteiger partial charge in [-0.1, -0.05) is 19.1 Å². The van der Waals surface area contributed by atoms with E-state index in [-0.39, 0.29) is 23.4 Å². The number of sulfonamides is 1. The third-order valence-corrected chi connectivity index (χ3v) is 7.07. The van der Waals surface area contributed by atoms with Crippen molar-refractivity contribution >= 4 is 27.3 Å². The minimum atomic E-state index is -3.67. The second kappa shape index (κ2) is 8.97. The molecule has 1 saturated heterocycles. The Labute approximate surface area is 164 Å². The van der Waals surface area contributed by atoms with Crippen LogP contribution in [0.5, 0.6) is 0 Å². The molecule has 2 N–H and O–H groups in total. The van der Waals surface area contributed by atoms with Crippen LogP contribution in [0.3, 0.4) is 0 Å². The number of nitrogens with zero attached hydrogens (tertiary/aromatic N) is 1. The summed E-state index contributed by atoms with van der Waals surface area (Å²) in [7, 11) is -3.67. The molecule has 3 rings (SSSR count). The lowest BCUT2D eigenvalue weighted by Gasteiger charge is -2.31. The Bertz CT molecular complexity index is 858. The lowest BCUT2D eigenvalue weighted by molar-refractivity contribution is 0.0912. The summed E-state index contributed by atoms with van der Waals surface area (Å²) in [5, 5.41) is 4.94. The van der Waals surface area contributed by atoms with E-state index in [9.17, 15) is 13.2 Å². The molecule has 0 bridgehead atoms. The van der Waals surface area contributed by atoms with Crippen molar-refractivity contribution in [1.82, 2.24) is 14.9 Å². The van der Waals surface area contributed by atoms with Gasteiger partial charge in [-0.2, -0.15) is 0 Å². The summed E-state index contributed by atoms with van der Waals surface area (Å²) in [5.41, 5.74) is 0.368. The van der Waals surface area contributed by atoms with Gasteiger partial charge in [-0.15, -0.1) is 11.3 Å². The Morgan fingerprint density at radius 1 is 1.22 bits per heavy atom. The minimum Gasteiger partial charge on any atom is -0.349 e. The number of nitrogens with one attached hydrogen (secondary N) is 2. The quantitative estimate of drug-likeness (QED) is 0.739. The standard InChI is InChI=1S/C19H25N3O3S2/c1-2-22-10-8-16(9-11-22)21-19(23)15-5-3-7-18(13-15)27(24,25)20-14-17-6-4-12-26-17/h3-7,12-13,16,20H,2,8-11,14H2,1H3,(H,21,23). The van der Waals surface area contributed by atoms with Crippen molar-refractivity contribution in [2.24, 2.45) is 0 Å². The maximum absolute atomic E-state index is 12.5. The normalized spacial score (nSPS) is 16.3. The third kappa shape index (κ3) is 5.38. The zero-order chi connectivity index (χ0) is 19.3. The van der Waals surface area contributed by atoms with Crippen molar-refractivity contribution in [2.75, 3.05) is 19.6 Å². The predicted molar refractivity (Wildman–Crippen MR) is 107 cm³/mol. The summed E-state index contributed by atoms with van der Waals surface area (Å²) >= 11 is 1.49. The number of thiophene rings is 1. The van der Waals surface area contributed by atoms with Crippen LogP contribution in [0.15, 0.2) is 46.7 Å². The van der Waals surface area contributed by atoms with E-state index in [1.165, 1.54) is 23.5 Å². The van der Waals surface area contributed by atoms with Crippen LogP contribution >= 0.6 is 11.3 Å². The fraction of sp³-hybridized carbons (Fsp3) is 0.421. The van der Waals surface area contributed by atoms with E-state index >= 15 is 0 Å². The van der Waals surface area contributed by atoms with Gasteiger partial charge in [0.15, 0.2) is 0 Å². The molecular weight excluding hydrogens is 382 g/mol. The van der Waals surface area contributed by atoms with Gasteiger partial charge >= 0.3 is 0 Å². The summed E-state index contributed by atoms with van der Waals surface area (Å²) in [5.74, 6) is -0.222. The third-order valence-electron chi connectivity index (χ3n) is 4.79. The molecule has 1 aromatic heterocycles. The molecule has 2 heterocycles. The fourth-order valence-electron chi connectivity index (χ4n) is 3.13. The first-order chi connectivity index (χ1) is 13.0. The second-order valence-corrected chi connectivity index (χ2v) is 9.41. The Kier molecular flexibility index (Phi) is 6.64. The van der Waals surface area contributed by atoms with E-state index in [4.69, 9.17) is 0 Å². The van der Waals surface area contributed by atoms with Gasteiger partial charge < -0.3 is 10.2 Å². The van der Waals surface area contributed by atoms with Crippen LogP contribution in [0.4, 0.5) is 0 Å². The smallest absolute Gasteiger partial charge is 0.251 e. The monoisotopic (exact) mass is 407 g/mol. The summed E-state index contributed by atoms with van der Waals surface area (Å²) in [6.45, 7) is 5.35. The number of hydrogen-bond donors (Lipinski definition) is 2. The average molecular weight is 408 g/mol. The largest absolute Gasteiger partial charge is 0.349 e. The number of rotatable bonds is 7. The highest BCUT2D eigenvalue weighted by Crippen LogP contribution is 2.15. The highest BCUT2D eigenvalue weighted by Gasteiger charge is 2.21. The maximum Gasteiger partial charge on any atom is 0.251 e. The maximum atomic E-state index is 12.5. The number of piperidine rings is 1. The van der Waals surface area contributed by atoms with Gasteiger partial charge in [-0.25, -0.2) is 13.1 Å². The molecular formula is C19H25N3O3S2. The lowest BCUT2D eigenvalue weighted by atomic mass is 10.0. The van der Waals surface area contributed by atoms with Crippen LogP contribution in [-0.4, -0.2) is 44.9 Å². The summed E-state index contributed by atoms with van der Waals surface area (Å²) in [4.78, 5) is 15.9. The van der Waals surface area contributed by atoms with E-state index in [2.05, 4.69) is 21.9 Å². The molecule has 6 nitrogen and oxygen atoms in total. The van der Waals surface area contributed by atoms with Gasteiger partial charge in [0.1, 0.15) is 0 Å². The zero-order valence-corrected chi connectivity index (χ0v) is 17.0. The molecule has 27 heavy (non-hydrogen) atoms. The van der Waals surface area contributed by atoms with Gasteiger partial charge in [0.05, 0.1) is 4.90 Å². The molecule has 0 unspecified atom stereocenters. The molecule has 1 aliphatic rings. The van der Waals surface area contributed by atoms with Crippen LogP contribution in [-0.2, 0) is 16.6 Å². The summed E-state index contributed by atoms with van der Waals surface area (Å²) in [6, 6.07) is 10.1. The van der Waals surface area contributed by atoms with Crippen LogP contribution in [0.2, 0.25) is 0 Å². The molecule has 1 amide bonds. The number of carbonyl (C=O) groups excluding carboxylic acids is 1. The molecule has 2 aromatic rings. The molecule has 0 radical (unpaired) electrons. The molecule has 1 aliphatic heterocycles. The van der Waals surface area contributed by atoms with Crippen molar-refractivity contribution in [2.45, 2.75) is 37.2 Å². The van der Waals surface area contributed by atoms with Crippen molar-refractivity contribution in [3.63, 3.8) is 0 Å². The highest BCUT2D eigenvalue weighted by atomic mass is 32.2. The fourth-order valence-corrected chi connectivity index (χ4v) is 4.92. The number of hydrogen-bond acceptors (Lipinski definition) is 5. The van der Waals surface area contributed by atoms with Crippen molar-refractivity contribution in [3.8, 4) is 0 Å². The van der Waals surface area contributed by atoms with E-state index in [1.54, 1.807) is 12.1 Å². The zero-order valence-electron chi connectivity index (χ0n) is 15.3. The molecule has 0 saturated carbocycles. The lowest BCUT2D eigenvalue weighted by Crippen LogP contribution is -2.44. The molecule has 0 atom stereocenters. The SMILES string of the molecule is CCN1CCC(NC(=O)c2cccc(S(=O)(=O)NCc3cccs3)c2)CC1. The van der Waals surface area contributed by atoms with Gasteiger partial charge in [-0.3, -0.25) is 4.79 Å². The summed E-state index contributed by atoms with van der Waals surface area (Å²) in [6.07, 6.45) is 1.83. The van der Waals surface area contributed by atoms with Gasteiger partial charge in [-0.05, 0) is 49.0 Å². The van der Waals surface area contributed by atoms with Gasteiger partial charge in [0, 0.05) is 36.1 Å². The molecule has 146 valence electrons. The van der Waals surface area contributed by atoms with Crippen LogP contribution in [0, 0.1) is 0 Å². The van der Waals surface area contributed by atoms with Crippen molar-refractivity contribution in [1.29, 1.82) is 0 Å². The van der Waals surface area contributed by atoms with E-state index in [0.29, 0.717) is 5.56 Å². The van der Waals surface area contributed by atoms with Crippen LogP contribution < -0.4 is 10.0 Å².